The Bertz CT molecular complexity index is 645. The lowest BCUT2D eigenvalue weighted by molar-refractivity contribution is 0.446. The molecule has 136 valence electrons. The molecule has 0 heterocycles. The molecule has 0 radical (unpaired) electrons. The van der Waals surface area contributed by atoms with Crippen LogP contribution in [0.15, 0.2) is 23.1 Å². The van der Waals surface area contributed by atoms with Crippen molar-refractivity contribution in [2.45, 2.75) is 51.3 Å². The molecule has 0 saturated carbocycles. The summed E-state index contributed by atoms with van der Waals surface area (Å²) < 4.78 is 26.4. The molecule has 3 N–H and O–H groups in total. The van der Waals surface area contributed by atoms with Gasteiger partial charge in [0.05, 0.1) is 4.90 Å². The second kappa shape index (κ2) is 9.96. The summed E-state index contributed by atoms with van der Waals surface area (Å²) in [5, 5.41) is 6.82. The maximum Gasteiger partial charge on any atom is 0.240 e. The summed E-state index contributed by atoms with van der Waals surface area (Å²) in [7, 11) is -2.08. The second-order valence-corrected chi connectivity index (χ2v) is 8.20. The highest BCUT2D eigenvalue weighted by molar-refractivity contribution is 7.89. The highest BCUT2D eigenvalue weighted by atomic mass is 32.2. The average Bonchev–Trinajstić information content (AvgIpc) is 2.56. The Labute approximate surface area is 151 Å². The van der Waals surface area contributed by atoms with Crippen molar-refractivity contribution in [3.63, 3.8) is 0 Å². The molecule has 1 rings (SSSR count). The first kappa shape index (κ1) is 20.9. The molecular formula is C17H29N3O2S2. The van der Waals surface area contributed by atoms with Crippen molar-refractivity contribution in [2.24, 2.45) is 5.92 Å². The molecule has 0 aliphatic rings. The number of anilines is 1. The zero-order valence-electron chi connectivity index (χ0n) is 15.0. The van der Waals surface area contributed by atoms with Crippen LogP contribution in [0.2, 0.25) is 0 Å². The molecule has 24 heavy (non-hydrogen) atoms. The van der Waals surface area contributed by atoms with E-state index >= 15 is 0 Å². The number of thiocarbonyl (C=S) groups is 1. The lowest BCUT2D eigenvalue weighted by atomic mass is 9.99. The molecule has 0 spiro atoms. The summed E-state index contributed by atoms with van der Waals surface area (Å²) in [5.41, 5.74) is 1.35. The predicted molar refractivity (Wildman–Crippen MR) is 105 cm³/mol. The first-order chi connectivity index (χ1) is 11.3. The summed E-state index contributed by atoms with van der Waals surface area (Å²) in [6.45, 7) is 6.98. The third-order valence-corrected chi connectivity index (χ3v) is 5.90. The van der Waals surface area contributed by atoms with Crippen molar-refractivity contribution >= 4 is 33.0 Å². The average molecular weight is 372 g/mol. The number of hydrogen-bond donors (Lipinski definition) is 3. The fourth-order valence-corrected chi connectivity index (χ4v) is 3.63. The van der Waals surface area contributed by atoms with Crippen molar-refractivity contribution in [1.82, 2.24) is 10.0 Å². The number of hydrogen-bond acceptors (Lipinski definition) is 3. The Hall–Kier alpha value is -1.18. The van der Waals surface area contributed by atoms with E-state index in [1.54, 1.807) is 19.1 Å². The normalized spacial score (nSPS) is 12.7. The summed E-state index contributed by atoms with van der Waals surface area (Å²) in [4.78, 5) is 0.257. The Morgan fingerprint density at radius 3 is 2.58 bits per heavy atom. The Balaban J connectivity index is 2.69. The van der Waals surface area contributed by atoms with Crippen molar-refractivity contribution in [3.8, 4) is 0 Å². The van der Waals surface area contributed by atoms with Gasteiger partial charge in [0.2, 0.25) is 10.0 Å². The van der Waals surface area contributed by atoms with E-state index in [-0.39, 0.29) is 4.90 Å². The second-order valence-electron chi connectivity index (χ2n) is 5.94. The first-order valence-corrected chi connectivity index (χ1v) is 10.3. The van der Waals surface area contributed by atoms with Crippen LogP contribution in [0.5, 0.6) is 0 Å². The third-order valence-electron chi connectivity index (χ3n) is 4.10. The van der Waals surface area contributed by atoms with E-state index in [4.69, 9.17) is 12.2 Å². The number of benzene rings is 1. The largest absolute Gasteiger partial charge is 0.362 e. The number of sulfonamides is 1. The van der Waals surface area contributed by atoms with Crippen LogP contribution in [0.1, 0.15) is 45.1 Å². The van der Waals surface area contributed by atoms with Crippen LogP contribution in [0.3, 0.4) is 0 Å². The third kappa shape index (κ3) is 6.37. The van der Waals surface area contributed by atoms with E-state index in [0.29, 0.717) is 22.3 Å². The lowest BCUT2D eigenvalue weighted by Gasteiger charge is -2.18. The fourth-order valence-electron chi connectivity index (χ4n) is 2.43. The molecule has 0 bridgehead atoms. The van der Waals surface area contributed by atoms with Gasteiger partial charge >= 0.3 is 0 Å². The van der Waals surface area contributed by atoms with Gasteiger partial charge in [-0.3, -0.25) is 0 Å². The van der Waals surface area contributed by atoms with E-state index in [2.05, 4.69) is 29.2 Å². The van der Waals surface area contributed by atoms with Crippen molar-refractivity contribution in [3.05, 3.63) is 23.8 Å². The summed E-state index contributed by atoms with van der Waals surface area (Å²) in [6.07, 6.45) is 4.73. The van der Waals surface area contributed by atoms with Gasteiger partial charge in [-0.15, -0.1) is 0 Å². The predicted octanol–water partition coefficient (Wildman–Crippen LogP) is 3.41. The van der Waals surface area contributed by atoms with Gasteiger partial charge in [-0.05, 0) is 56.2 Å². The molecule has 7 heteroatoms. The summed E-state index contributed by atoms with van der Waals surface area (Å²) in [5.74, 6) is 0.600. The van der Waals surface area contributed by atoms with Gasteiger partial charge < -0.3 is 10.6 Å². The topological polar surface area (TPSA) is 70.2 Å². The SMILES string of the molecule is CCCC[C@@H](CC)CNC(=S)Nc1ccc(C)c(S(=O)(=O)NC)c1. The van der Waals surface area contributed by atoms with Crippen LogP contribution >= 0.6 is 12.2 Å². The molecule has 1 aromatic rings. The number of nitrogens with one attached hydrogen (secondary N) is 3. The molecule has 0 unspecified atom stereocenters. The monoisotopic (exact) mass is 371 g/mol. The van der Waals surface area contributed by atoms with Crippen LogP contribution in [-0.4, -0.2) is 27.1 Å². The fraction of sp³-hybridized carbons (Fsp3) is 0.588. The molecule has 0 saturated heterocycles. The van der Waals surface area contributed by atoms with Gasteiger partial charge in [-0.25, -0.2) is 13.1 Å². The van der Waals surface area contributed by atoms with Gasteiger partial charge in [0.25, 0.3) is 0 Å². The minimum atomic E-state index is -3.48. The summed E-state index contributed by atoms with van der Waals surface area (Å²) in [6, 6.07) is 5.20. The zero-order valence-corrected chi connectivity index (χ0v) is 16.6. The Morgan fingerprint density at radius 2 is 2.00 bits per heavy atom. The van der Waals surface area contributed by atoms with Gasteiger partial charge in [0, 0.05) is 12.2 Å². The maximum absolute atomic E-state index is 12.0. The van der Waals surface area contributed by atoms with Crippen molar-refractivity contribution in [2.75, 3.05) is 18.9 Å². The van der Waals surface area contributed by atoms with Gasteiger partial charge in [0.1, 0.15) is 0 Å². The minimum absolute atomic E-state index is 0.257. The molecule has 0 aliphatic heterocycles. The Morgan fingerprint density at radius 1 is 1.29 bits per heavy atom. The van der Waals surface area contributed by atoms with Crippen LogP contribution in [-0.2, 0) is 10.0 Å². The number of rotatable bonds is 9. The van der Waals surface area contributed by atoms with E-state index in [0.717, 1.165) is 13.0 Å². The standard InChI is InChI=1S/C17H29N3O2S2/c1-5-7-8-14(6-2)12-19-17(23)20-15-10-9-13(3)16(11-15)24(21,22)18-4/h9-11,14,18H,5-8,12H2,1-4H3,(H2,19,20,23)/t14-/m1/s1. The molecule has 1 atom stereocenters. The van der Waals surface area contributed by atoms with E-state index in [9.17, 15) is 8.42 Å². The van der Waals surface area contributed by atoms with Crippen molar-refractivity contribution in [1.29, 1.82) is 0 Å². The van der Waals surface area contributed by atoms with E-state index < -0.39 is 10.0 Å². The number of unbranched alkanes of at least 4 members (excludes halogenated alkanes) is 1. The van der Waals surface area contributed by atoms with Gasteiger partial charge in [-0.2, -0.15) is 0 Å². The van der Waals surface area contributed by atoms with Crippen LogP contribution < -0.4 is 15.4 Å². The molecule has 1 aromatic carbocycles. The molecule has 0 amide bonds. The lowest BCUT2D eigenvalue weighted by Crippen LogP contribution is -2.32. The minimum Gasteiger partial charge on any atom is -0.362 e. The highest BCUT2D eigenvalue weighted by Crippen LogP contribution is 2.20. The molecule has 0 fully saturated rings. The quantitative estimate of drug-likeness (QED) is 0.580. The smallest absolute Gasteiger partial charge is 0.240 e. The highest BCUT2D eigenvalue weighted by Gasteiger charge is 2.15. The zero-order chi connectivity index (χ0) is 18.2. The Kier molecular flexibility index (Phi) is 8.66. The molecule has 0 aromatic heterocycles. The maximum atomic E-state index is 12.0. The van der Waals surface area contributed by atoms with E-state index in [1.165, 1.54) is 26.3 Å². The van der Waals surface area contributed by atoms with Gasteiger partial charge in [0.15, 0.2) is 5.11 Å². The molecule has 5 nitrogen and oxygen atoms in total. The number of aryl methyl sites for hydroxylation is 1. The van der Waals surface area contributed by atoms with Crippen LogP contribution in [0.4, 0.5) is 5.69 Å². The van der Waals surface area contributed by atoms with E-state index in [1.807, 2.05) is 6.07 Å². The van der Waals surface area contributed by atoms with Crippen molar-refractivity contribution < 1.29 is 8.42 Å². The summed E-state index contributed by atoms with van der Waals surface area (Å²) >= 11 is 5.33. The van der Waals surface area contributed by atoms with Crippen LogP contribution in [0, 0.1) is 12.8 Å². The molecule has 0 aliphatic carbocycles. The van der Waals surface area contributed by atoms with Crippen LogP contribution in [0.25, 0.3) is 0 Å². The molecular weight excluding hydrogens is 342 g/mol. The first-order valence-electron chi connectivity index (χ1n) is 8.43. The van der Waals surface area contributed by atoms with Gasteiger partial charge in [-0.1, -0.05) is 39.2 Å².